The van der Waals surface area contributed by atoms with Gasteiger partial charge in [-0.25, -0.2) is 19.0 Å². The second kappa shape index (κ2) is 6.25. The largest absolute Gasteiger partial charge is 0.477 e. The van der Waals surface area contributed by atoms with Crippen LogP contribution < -0.4 is 4.74 Å². The van der Waals surface area contributed by atoms with E-state index in [1.165, 1.54) is 6.20 Å². The maximum atomic E-state index is 12.3. The molecule has 0 saturated carbocycles. The minimum atomic E-state index is -0.466. The van der Waals surface area contributed by atoms with Crippen LogP contribution in [0.2, 0.25) is 0 Å². The van der Waals surface area contributed by atoms with Crippen molar-refractivity contribution >= 4 is 33.6 Å². The summed E-state index contributed by atoms with van der Waals surface area (Å²) in [6, 6.07) is 0. The molecule has 9 heteroatoms. The van der Waals surface area contributed by atoms with Gasteiger partial charge in [0.05, 0.1) is 41.9 Å². The molecule has 4 aromatic heterocycles. The summed E-state index contributed by atoms with van der Waals surface area (Å²) in [5, 5.41) is 10.3. The highest BCUT2D eigenvalue weighted by Crippen LogP contribution is 2.31. The Kier molecular flexibility index (Phi) is 3.90. The summed E-state index contributed by atoms with van der Waals surface area (Å²) in [5.74, 6) is -0.0638. The zero-order valence-electron chi connectivity index (χ0n) is 14.8. The number of pyridine rings is 1. The van der Waals surface area contributed by atoms with Crippen LogP contribution in [0.5, 0.6) is 5.88 Å². The Labute approximate surface area is 148 Å². The van der Waals surface area contributed by atoms with E-state index >= 15 is 0 Å². The van der Waals surface area contributed by atoms with Crippen molar-refractivity contribution in [2.45, 2.75) is 27.3 Å². The van der Waals surface area contributed by atoms with Crippen LogP contribution in [0.1, 0.15) is 31.1 Å². The smallest absolute Gasteiger partial charge is 0.343 e. The molecule has 0 aliphatic carbocycles. The Hall–Kier alpha value is -3.23. The third-order valence-corrected chi connectivity index (χ3v) is 4.11. The van der Waals surface area contributed by atoms with E-state index in [1.807, 2.05) is 13.8 Å². The van der Waals surface area contributed by atoms with Gasteiger partial charge in [-0.15, -0.1) is 0 Å². The number of carbonyl (C=O) groups excluding carboxylic acids is 1. The summed E-state index contributed by atoms with van der Waals surface area (Å²) in [7, 11) is 0. The number of rotatable bonds is 5. The molecule has 0 N–H and O–H groups in total. The maximum absolute atomic E-state index is 12.3. The van der Waals surface area contributed by atoms with Crippen molar-refractivity contribution < 1.29 is 14.3 Å². The summed E-state index contributed by atoms with van der Waals surface area (Å²) in [5.41, 5.74) is 2.17. The van der Waals surface area contributed by atoms with Gasteiger partial charge in [0.25, 0.3) is 0 Å². The molecule has 0 radical (unpaired) electrons. The number of carbonyl (C=O) groups is 1. The lowest BCUT2D eigenvalue weighted by atomic mass is 10.2. The third kappa shape index (κ3) is 2.27. The van der Waals surface area contributed by atoms with Crippen LogP contribution >= 0.6 is 0 Å². The lowest BCUT2D eigenvalue weighted by molar-refractivity contribution is 0.0528. The van der Waals surface area contributed by atoms with E-state index in [1.54, 1.807) is 28.5 Å². The molecule has 0 unspecified atom stereocenters. The zero-order valence-corrected chi connectivity index (χ0v) is 14.8. The molecule has 26 heavy (non-hydrogen) atoms. The summed E-state index contributed by atoms with van der Waals surface area (Å²) in [4.78, 5) is 21.3. The molecule has 0 aliphatic rings. The summed E-state index contributed by atoms with van der Waals surface area (Å²) < 4.78 is 14.2. The van der Waals surface area contributed by atoms with Crippen LogP contribution in [0.3, 0.4) is 0 Å². The van der Waals surface area contributed by atoms with Gasteiger partial charge >= 0.3 is 5.97 Å². The van der Waals surface area contributed by atoms with Crippen molar-refractivity contribution in [1.29, 1.82) is 0 Å². The fourth-order valence-corrected chi connectivity index (χ4v) is 3.00. The monoisotopic (exact) mass is 354 g/mol. The summed E-state index contributed by atoms with van der Waals surface area (Å²) in [6.07, 6.45) is 4.91. The maximum Gasteiger partial charge on any atom is 0.343 e. The van der Waals surface area contributed by atoms with Crippen molar-refractivity contribution in [1.82, 2.24) is 29.4 Å². The van der Waals surface area contributed by atoms with Gasteiger partial charge in [-0.1, -0.05) is 0 Å². The van der Waals surface area contributed by atoms with Gasteiger partial charge in [-0.05, 0) is 20.8 Å². The van der Waals surface area contributed by atoms with E-state index < -0.39 is 5.97 Å². The van der Waals surface area contributed by atoms with Gasteiger partial charge in [0.1, 0.15) is 5.56 Å². The van der Waals surface area contributed by atoms with Gasteiger partial charge in [-0.2, -0.15) is 15.2 Å². The summed E-state index contributed by atoms with van der Waals surface area (Å²) in [6.45, 7) is 7.04. The molecule has 4 rings (SSSR count). The Bertz CT molecular complexity index is 1130. The first-order chi connectivity index (χ1) is 12.7. The molecule has 0 amide bonds. The lowest BCUT2D eigenvalue weighted by Gasteiger charge is -2.09. The van der Waals surface area contributed by atoms with Crippen molar-refractivity contribution in [3.8, 4) is 5.88 Å². The first kappa shape index (κ1) is 16.2. The molecule has 9 nitrogen and oxygen atoms in total. The molecule has 0 bridgehead atoms. The number of aromatic nitrogens is 6. The molecule has 4 aromatic rings. The van der Waals surface area contributed by atoms with Crippen molar-refractivity contribution in [2.75, 3.05) is 13.2 Å². The third-order valence-electron chi connectivity index (χ3n) is 4.11. The van der Waals surface area contributed by atoms with Crippen molar-refractivity contribution in [2.24, 2.45) is 0 Å². The van der Waals surface area contributed by atoms with Crippen LogP contribution in [0.4, 0.5) is 0 Å². The van der Waals surface area contributed by atoms with Crippen LogP contribution in [0.15, 0.2) is 18.6 Å². The first-order valence-corrected chi connectivity index (χ1v) is 8.51. The first-order valence-electron chi connectivity index (χ1n) is 8.51. The molecule has 0 aromatic carbocycles. The second-order valence-corrected chi connectivity index (χ2v) is 5.58. The van der Waals surface area contributed by atoms with E-state index in [0.717, 1.165) is 16.6 Å². The number of hydrogen-bond acceptors (Lipinski definition) is 7. The highest BCUT2D eigenvalue weighted by molar-refractivity contribution is 6.06. The summed E-state index contributed by atoms with van der Waals surface area (Å²) >= 11 is 0. The standard InChI is InChI=1S/C17H18N6O3/c1-4-22-14-10(8-19-22)13-11(7-18-14)16(25-5-2)21-15-12(9-20-23(13)15)17(24)26-6-3/h7-9H,4-6H2,1-3H3. The Morgan fingerprint density at radius 2 is 1.88 bits per heavy atom. The quantitative estimate of drug-likeness (QED) is 0.507. The van der Waals surface area contributed by atoms with E-state index in [0.29, 0.717) is 35.6 Å². The number of fused-ring (bicyclic) bond motifs is 5. The Morgan fingerprint density at radius 1 is 1.04 bits per heavy atom. The average molecular weight is 354 g/mol. The predicted molar refractivity (Wildman–Crippen MR) is 94.4 cm³/mol. The van der Waals surface area contributed by atoms with Crippen LogP contribution in [-0.4, -0.2) is 48.5 Å². The highest BCUT2D eigenvalue weighted by atomic mass is 16.5. The van der Waals surface area contributed by atoms with Crippen LogP contribution in [0, 0.1) is 0 Å². The number of esters is 1. The lowest BCUT2D eigenvalue weighted by Crippen LogP contribution is -2.07. The van der Waals surface area contributed by atoms with E-state index in [-0.39, 0.29) is 6.61 Å². The average Bonchev–Trinajstić information content (AvgIpc) is 3.25. The highest BCUT2D eigenvalue weighted by Gasteiger charge is 2.21. The van der Waals surface area contributed by atoms with Crippen LogP contribution in [0.25, 0.3) is 27.6 Å². The normalized spacial score (nSPS) is 11.5. The van der Waals surface area contributed by atoms with Crippen molar-refractivity contribution in [3.05, 3.63) is 24.2 Å². The molecule has 0 fully saturated rings. The molecular formula is C17H18N6O3. The molecule has 4 heterocycles. The predicted octanol–water partition coefficient (Wildman–Crippen LogP) is 2.22. The Balaban J connectivity index is 2.12. The molecule has 0 spiro atoms. The number of ether oxygens (including phenoxy) is 2. The zero-order chi connectivity index (χ0) is 18.3. The number of nitrogens with zero attached hydrogens (tertiary/aromatic N) is 6. The number of hydrogen-bond donors (Lipinski definition) is 0. The van der Waals surface area contributed by atoms with Gasteiger partial charge in [0.2, 0.25) is 5.88 Å². The van der Waals surface area contributed by atoms with E-state index in [4.69, 9.17) is 9.47 Å². The fourth-order valence-electron chi connectivity index (χ4n) is 3.00. The van der Waals surface area contributed by atoms with E-state index in [2.05, 4.69) is 20.2 Å². The number of aryl methyl sites for hydroxylation is 1. The molecule has 0 aliphatic heterocycles. The van der Waals surface area contributed by atoms with Gasteiger partial charge in [0, 0.05) is 12.7 Å². The van der Waals surface area contributed by atoms with Gasteiger partial charge in [0.15, 0.2) is 11.3 Å². The molecule has 0 atom stereocenters. The topological polar surface area (TPSA) is 96.4 Å². The van der Waals surface area contributed by atoms with E-state index in [9.17, 15) is 4.79 Å². The van der Waals surface area contributed by atoms with Crippen LogP contribution in [-0.2, 0) is 11.3 Å². The van der Waals surface area contributed by atoms with Gasteiger partial charge < -0.3 is 9.47 Å². The SMILES string of the molecule is CCOC(=O)c1cnn2c1nc(OCC)c1cnc3c(cnn3CC)c12. The molecular weight excluding hydrogens is 336 g/mol. The molecule has 0 saturated heterocycles. The second-order valence-electron chi connectivity index (χ2n) is 5.58. The minimum absolute atomic E-state index is 0.277. The van der Waals surface area contributed by atoms with Crippen molar-refractivity contribution in [3.63, 3.8) is 0 Å². The Morgan fingerprint density at radius 3 is 2.62 bits per heavy atom. The molecule has 134 valence electrons. The van der Waals surface area contributed by atoms with Gasteiger partial charge in [-0.3, -0.25) is 0 Å². The minimum Gasteiger partial charge on any atom is -0.477 e. The fraction of sp³-hybridized carbons (Fsp3) is 0.353.